The molecule has 4 rings (SSSR count). The molecule has 154 valence electrons. The number of carbonyl (C=O) groups is 1. The fourth-order valence-electron chi connectivity index (χ4n) is 4.54. The molecule has 2 aliphatic rings. The van der Waals surface area contributed by atoms with Crippen LogP contribution in [0.3, 0.4) is 0 Å². The lowest BCUT2D eigenvalue weighted by molar-refractivity contribution is -0.146. The Labute approximate surface area is 170 Å². The van der Waals surface area contributed by atoms with Crippen LogP contribution in [0.15, 0.2) is 30.6 Å². The van der Waals surface area contributed by atoms with Crippen LogP contribution in [0.2, 0.25) is 0 Å². The van der Waals surface area contributed by atoms with E-state index in [0.717, 1.165) is 50.3 Å². The minimum Gasteiger partial charge on any atom is -0.497 e. The van der Waals surface area contributed by atoms with Gasteiger partial charge in [0.1, 0.15) is 17.4 Å². The Kier molecular flexibility index (Phi) is 5.50. The van der Waals surface area contributed by atoms with Gasteiger partial charge in [-0.3, -0.25) is 9.69 Å². The van der Waals surface area contributed by atoms with E-state index in [4.69, 9.17) is 4.74 Å². The van der Waals surface area contributed by atoms with E-state index in [-0.39, 0.29) is 23.7 Å². The van der Waals surface area contributed by atoms with Crippen LogP contribution in [0.25, 0.3) is 0 Å². The van der Waals surface area contributed by atoms with Gasteiger partial charge in [0.15, 0.2) is 0 Å². The zero-order chi connectivity index (χ0) is 20.4. The highest BCUT2D eigenvalue weighted by molar-refractivity contribution is 5.84. The zero-order valence-electron chi connectivity index (χ0n) is 17.0. The van der Waals surface area contributed by atoms with Gasteiger partial charge in [-0.2, -0.15) is 0 Å². The summed E-state index contributed by atoms with van der Waals surface area (Å²) in [6.45, 7) is 5.19. The summed E-state index contributed by atoms with van der Waals surface area (Å²) < 4.78 is 19.5. The molecule has 0 saturated carbocycles. The van der Waals surface area contributed by atoms with Gasteiger partial charge < -0.3 is 9.64 Å². The highest BCUT2D eigenvalue weighted by Crippen LogP contribution is 2.41. The molecule has 1 unspecified atom stereocenters. The van der Waals surface area contributed by atoms with Crippen LogP contribution < -0.4 is 4.74 Å². The van der Waals surface area contributed by atoms with Crippen molar-refractivity contribution in [2.45, 2.75) is 39.3 Å². The number of halogens is 1. The van der Waals surface area contributed by atoms with Crippen molar-refractivity contribution in [2.75, 3.05) is 26.7 Å². The standard InChI is InChI=1S/C22H27FN4O2/c1-16-24-11-17(12-25-16)13-26-9-7-22(15-26)6-3-8-27(21(22)28)14-18-10-19(29-2)4-5-20(18)23/h4-5,10-12H,3,6-9,13-15H2,1-2H3. The number of hydrogen-bond acceptors (Lipinski definition) is 5. The number of piperidine rings is 1. The van der Waals surface area contributed by atoms with E-state index < -0.39 is 0 Å². The molecule has 0 N–H and O–H groups in total. The van der Waals surface area contributed by atoms with Crippen molar-refractivity contribution in [1.29, 1.82) is 0 Å². The van der Waals surface area contributed by atoms with E-state index in [0.29, 0.717) is 17.9 Å². The van der Waals surface area contributed by atoms with Gasteiger partial charge in [-0.05, 0) is 50.9 Å². The highest BCUT2D eigenvalue weighted by atomic mass is 19.1. The molecule has 7 heteroatoms. The number of aromatic nitrogens is 2. The maximum atomic E-state index is 14.3. The lowest BCUT2D eigenvalue weighted by atomic mass is 9.78. The first-order valence-corrected chi connectivity index (χ1v) is 10.1. The van der Waals surface area contributed by atoms with Crippen molar-refractivity contribution in [2.24, 2.45) is 5.41 Å². The van der Waals surface area contributed by atoms with Crippen molar-refractivity contribution < 1.29 is 13.9 Å². The molecular weight excluding hydrogens is 371 g/mol. The summed E-state index contributed by atoms with van der Waals surface area (Å²) in [4.78, 5) is 26.0. The lowest BCUT2D eigenvalue weighted by Gasteiger charge is -2.39. The first-order chi connectivity index (χ1) is 14.0. The smallest absolute Gasteiger partial charge is 0.230 e. The predicted octanol–water partition coefficient (Wildman–Crippen LogP) is 2.95. The lowest BCUT2D eigenvalue weighted by Crippen LogP contribution is -2.49. The quantitative estimate of drug-likeness (QED) is 0.775. The molecule has 2 saturated heterocycles. The number of benzene rings is 1. The molecule has 0 radical (unpaired) electrons. The number of carbonyl (C=O) groups excluding carboxylic acids is 1. The van der Waals surface area contributed by atoms with Gasteiger partial charge >= 0.3 is 0 Å². The van der Waals surface area contributed by atoms with Crippen LogP contribution in [0.5, 0.6) is 5.75 Å². The van der Waals surface area contributed by atoms with Gasteiger partial charge in [0, 0.05) is 49.7 Å². The van der Waals surface area contributed by atoms with E-state index in [2.05, 4.69) is 14.9 Å². The van der Waals surface area contributed by atoms with Gasteiger partial charge in [0.25, 0.3) is 0 Å². The van der Waals surface area contributed by atoms with Crippen LogP contribution in [-0.4, -0.2) is 52.4 Å². The molecule has 2 aliphatic heterocycles. The number of ether oxygens (including phenoxy) is 1. The molecule has 6 nitrogen and oxygen atoms in total. The third-order valence-electron chi connectivity index (χ3n) is 6.11. The van der Waals surface area contributed by atoms with Crippen LogP contribution in [0.4, 0.5) is 4.39 Å². The molecule has 29 heavy (non-hydrogen) atoms. The summed E-state index contributed by atoms with van der Waals surface area (Å²) in [6, 6.07) is 4.68. The summed E-state index contributed by atoms with van der Waals surface area (Å²) in [5, 5.41) is 0. The number of rotatable bonds is 5. The number of methoxy groups -OCH3 is 1. The Morgan fingerprint density at radius 2 is 1.97 bits per heavy atom. The molecule has 1 amide bonds. The number of aryl methyl sites for hydroxylation is 1. The molecule has 2 aromatic rings. The number of hydrogen-bond donors (Lipinski definition) is 0. The van der Waals surface area contributed by atoms with E-state index >= 15 is 0 Å². The van der Waals surface area contributed by atoms with Gasteiger partial charge in [-0.1, -0.05) is 0 Å². The first-order valence-electron chi connectivity index (χ1n) is 10.1. The number of nitrogens with zero attached hydrogens (tertiary/aromatic N) is 4. The molecule has 1 atom stereocenters. The second-order valence-corrected chi connectivity index (χ2v) is 8.17. The Morgan fingerprint density at radius 3 is 2.72 bits per heavy atom. The van der Waals surface area contributed by atoms with Crippen molar-refractivity contribution in [3.8, 4) is 5.75 Å². The third-order valence-corrected chi connectivity index (χ3v) is 6.11. The maximum absolute atomic E-state index is 14.3. The Balaban J connectivity index is 1.45. The van der Waals surface area contributed by atoms with Crippen molar-refractivity contribution in [1.82, 2.24) is 19.8 Å². The molecule has 0 aliphatic carbocycles. The monoisotopic (exact) mass is 398 g/mol. The second-order valence-electron chi connectivity index (χ2n) is 8.17. The summed E-state index contributed by atoms with van der Waals surface area (Å²) in [5.41, 5.74) is 1.20. The average molecular weight is 398 g/mol. The predicted molar refractivity (Wildman–Crippen MR) is 107 cm³/mol. The topological polar surface area (TPSA) is 58.6 Å². The molecule has 0 bridgehead atoms. The largest absolute Gasteiger partial charge is 0.497 e. The summed E-state index contributed by atoms with van der Waals surface area (Å²) in [7, 11) is 1.56. The molecule has 1 aromatic heterocycles. The van der Waals surface area contributed by atoms with E-state index in [1.165, 1.54) is 6.07 Å². The van der Waals surface area contributed by atoms with Gasteiger partial charge in [0.05, 0.1) is 12.5 Å². The molecule has 2 fully saturated rings. The third kappa shape index (κ3) is 4.10. The normalized spacial score (nSPS) is 22.4. The maximum Gasteiger partial charge on any atom is 0.230 e. The van der Waals surface area contributed by atoms with Crippen LogP contribution in [-0.2, 0) is 17.9 Å². The fraction of sp³-hybridized carbons (Fsp3) is 0.500. The van der Waals surface area contributed by atoms with E-state index in [1.54, 1.807) is 19.2 Å². The summed E-state index contributed by atoms with van der Waals surface area (Å²) in [6.07, 6.45) is 6.39. The number of amides is 1. The molecular formula is C22H27FN4O2. The summed E-state index contributed by atoms with van der Waals surface area (Å²) >= 11 is 0. The van der Waals surface area contributed by atoms with Crippen LogP contribution in [0.1, 0.15) is 36.2 Å². The molecule has 1 spiro atoms. The molecule has 1 aromatic carbocycles. The average Bonchev–Trinajstić information content (AvgIpc) is 3.12. The SMILES string of the molecule is COc1ccc(F)c(CN2CCCC3(CCN(Cc4cnc(C)nc4)C3)C2=O)c1. The Morgan fingerprint density at radius 1 is 1.17 bits per heavy atom. The Hall–Kier alpha value is -2.54. The minimum absolute atomic E-state index is 0.147. The van der Waals surface area contributed by atoms with Crippen molar-refractivity contribution in [3.05, 3.63) is 53.4 Å². The minimum atomic E-state index is -0.362. The van der Waals surface area contributed by atoms with E-state index in [1.807, 2.05) is 24.2 Å². The van der Waals surface area contributed by atoms with Crippen molar-refractivity contribution in [3.63, 3.8) is 0 Å². The van der Waals surface area contributed by atoms with E-state index in [9.17, 15) is 9.18 Å². The van der Waals surface area contributed by atoms with Crippen LogP contribution >= 0.6 is 0 Å². The number of likely N-dealkylation sites (tertiary alicyclic amines) is 2. The highest BCUT2D eigenvalue weighted by Gasteiger charge is 2.48. The van der Waals surface area contributed by atoms with Crippen LogP contribution in [0, 0.1) is 18.2 Å². The molecule has 3 heterocycles. The van der Waals surface area contributed by atoms with Gasteiger partial charge in [-0.25, -0.2) is 14.4 Å². The van der Waals surface area contributed by atoms with Gasteiger partial charge in [-0.15, -0.1) is 0 Å². The summed E-state index contributed by atoms with van der Waals surface area (Å²) in [5.74, 6) is 1.21. The second kappa shape index (κ2) is 8.06. The Bertz CT molecular complexity index is 889. The zero-order valence-corrected chi connectivity index (χ0v) is 17.0. The first kappa shape index (κ1) is 19.8. The van der Waals surface area contributed by atoms with Crippen molar-refractivity contribution >= 4 is 5.91 Å². The fourth-order valence-corrected chi connectivity index (χ4v) is 4.54. The van der Waals surface area contributed by atoms with Gasteiger partial charge in [0.2, 0.25) is 5.91 Å².